The lowest BCUT2D eigenvalue weighted by molar-refractivity contribution is 0.584. The quantitative estimate of drug-likeness (QED) is 0.924. The van der Waals surface area contributed by atoms with E-state index in [4.69, 9.17) is 11.6 Å². The van der Waals surface area contributed by atoms with E-state index in [-0.39, 0.29) is 11.1 Å². The number of nitrogens with zero attached hydrogens (tertiary/aromatic N) is 2. The fraction of sp³-hybridized carbons (Fsp3) is 0.231. The van der Waals surface area contributed by atoms with Crippen LogP contribution in [0.25, 0.3) is 0 Å². The standard InChI is InChI=1S/C13H13ClFN3/c1-16-13(10-6-17-8-18-7-10)5-9-2-3-12(15)11(14)4-9/h2-4,6-8,13,16H,5H2,1H3. The lowest BCUT2D eigenvalue weighted by Crippen LogP contribution is -2.19. The van der Waals surface area contributed by atoms with Gasteiger partial charge in [-0.15, -0.1) is 0 Å². The summed E-state index contributed by atoms with van der Waals surface area (Å²) in [6.07, 6.45) is 5.72. The maximum atomic E-state index is 13.1. The van der Waals surface area contributed by atoms with Gasteiger partial charge in [0.25, 0.3) is 0 Å². The Morgan fingerprint density at radius 2 is 2.06 bits per heavy atom. The maximum absolute atomic E-state index is 13.1. The molecule has 5 heteroatoms. The molecule has 0 saturated carbocycles. The minimum Gasteiger partial charge on any atom is -0.313 e. The SMILES string of the molecule is CNC(Cc1ccc(F)c(Cl)c1)c1cncnc1. The maximum Gasteiger partial charge on any atom is 0.141 e. The zero-order valence-corrected chi connectivity index (χ0v) is 10.7. The van der Waals surface area contributed by atoms with Gasteiger partial charge in [0.15, 0.2) is 0 Å². The summed E-state index contributed by atoms with van der Waals surface area (Å²) in [7, 11) is 1.86. The van der Waals surface area contributed by atoms with Crippen LogP contribution in [0.1, 0.15) is 17.2 Å². The minimum atomic E-state index is -0.399. The molecule has 94 valence electrons. The highest BCUT2D eigenvalue weighted by atomic mass is 35.5. The summed E-state index contributed by atoms with van der Waals surface area (Å²) in [5.41, 5.74) is 1.95. The van der Waals surface area contributed by atoms with Crippen LogP contribution in [0, 0.1) is 5.82 Å². The summed E-state index contributed by atoms with van der Waals surface area (Å²) >= 11 is 5.77. The minimum absolute atomic E-state index is 0.0766. The first-order valence-electron chi connectivity index (χ1n) is 5.57. The smallest absolute Gasteiger partial charge is 0.141 e. The number of hydrogen-bond acceptors (Lipinski definition) is 3. The Balaban J connectivity index is 2.18. The Bertz CT molecular complexity index is 519. The largest absolute Gasteiger partial charge is 0.313 e. The fourth-order valence-electron chi connectivity index (χ4n) is 1.78. The zero-order valence-electron chi connectivity index (χ0n) is 9.90. The Kier molecular flexibility index (Phi) is 4.23. The van der Waals surface area contributed by atoms with Crippen molar-refractivity contribution < 1.29 is 4.39 Å². The van der Waals surface area contributed by atoms with Gasteiger partial charge in [0.1, 0.15) is 12.1 Å². The van der Waals surface area contributed by atoms with Crippen molar-refractivity contribution in [2.75, 3.05) is 7.05 Å². The van der Waals surface area contributed by atoms with Crippen molar-refractivity contribution in [3.8, 4) is 0 Å². The van der Waals surface area contributed by atoms with Gasteiger partial charge < -0.3 is 5.32 Å². The normalized spacial score (nSPS) is 12.4. The third-order valence-electron chi connectivity index (χ3n) is 2.76. The van der Waals surface area contributed by atoms with Crippen LogP contribution in [0.5, 0.6) is 0 Å². The van der Waals surface area contributed by atoms with Crippen molar-refractivity contribution in [2.24, 2.45) is 0 Å². The number of hydrogen-bond donors (Lipinski definition) is 1. The number of benzene rings is 1. The van der Waals surface area contributed by atoms with Crippen LogP contribution in [-0.2, 0) is 6.42 Å². The highest BCUT2D eigenvalue weighted by molar-refractivity contribution is 6.30. The van der Waals surface area contributed by atoms with E-state index < -0.39 is 5.82 Å². The molecule has 1 unspecified atom stereocenters. The summed E-state index contributed by atoms with van der Waals surface area (Å²) in [4.78, 5) is 7.98. The van der Waals surface area contributed by atoms with E-state index in [1.54, 1.807) is 24.5 Å². The van der Waals surface area contributed by atoms with Gasteiger partial charge in [0.2, 0.25) is 0 Å². The van der Waals surface area contributed by atoms with Crippen LogP contribution < -0.4 is 5.32 Å². The number of aromatic nitrogens is 2. The van der Waals surface area contributed by atoms with Crippen molar-refractivity contribution in [3.05, 3.63) is 58.9 Å². The Hall–Kier alpha value is -1.52. The van der Waals surface area contributed by atoms with Crippen molar-refractivity contribution >= 4 is 11.6 Å². The summed E-state index contributed by atoms with van der Waals surface area (Å²) in [6, 6.07) is 4.83. The average molecular weight is 266 g/mol. The second kappa shape index (κ2) is 5.89. The molecule has 0 bridgehead atoms. The van der Waals surface area contributed by atoms with E-state index in [1.807, 2.05) is 7.05 Å². The van der Waals surface area contributed by atoms with E-state index >= 15 is 0 Å². The first kappa shape index (κ1) is 12.9. The molecule has 0 spiro atoms. The first-order valence-corrected chi connectivity index (χ1v) is 5.94. The van der Waals surface area contributed by atoms with Crippen LogP contribution in [-0.4, -0.2) is 17.0 Å². The summed E-state index contributed by atoms with van der Waals surface area (Å²) in [5, 5.41) is 3.33. The molecule has 2 rings (SSSR count). The van der Waals surface area contributed by atoms with E-state index in [2.05, 4.69) is 15.3 Å². The molecule has 0 aliphatic heterocycles. The van der Waals surface area contributed by atoms with Gasteiger partial charge in [0, 0.05) is 24.0 Å². The lowest BCUT2D eigenvalue weighted by atomic mass is 10.0. The molecule has 3 nitrogen and oxygen atoms in total. The van der Waals surface area contributed by atoms with E-state index in [1.165, 1.54) is 12.4 Å². The molecule has 1 heterocycles. The molecule has 1 aromatic carbocycles. The molecule has 1 atom stereocenters. The zero-order chi connectivity index (χ0) is 13.0. The number of rotatable bonds is 4. The van der Waals surface area contributed by atoms with Crippen LogP contribution in [0.15, 0.2) is 36.9 Å². The molecule has 2 aromatic rings. The Labute approximate surface area is 110 Å². The second-order valence-electron chi connectivity index (χ2n) is 3.97. The monoisotopic (exact) mass is 265 g/mol. The third kappa shape index (κ3) is 3.03. The molecule has 0 fully saturated rings. The molecule has 0 radical (unpaired) electrons. The van der Waals surface area contributed by atoms with Gasteiger partial charge in [-0.3, -0.25) is 0 Å². The molecule has 18 heavy (non-hydrogen) atoms. The summed E-state index contributed by atoms with van der Waals surface area (Å²) < 4.78 is 13.1. The van der Waals surface area contributed by atoms with Crippen molar-refractivity contribution in [3.63, 3.8) is 0 Å². The first-order chi connectivity index (χ1) is 8.70. The number of nitrogens with one attached hydrogen (secondary N) is 1. The Morgan fingerprint density at radius 3 is 2.67 bits per heavy atom. The molecule has 0 saturated heterocycles. The van der Waals surface area contributed by atoms with Crippen LogP contribution in [0.2, 0.25) is 5.02 Å². The predicted octanol–water partition coefficient (Wildman–Crippen LogP) is 2.77. The van der Waals surface area contributed by atoms with E-state index in [0.29, 0.717) is 6.42 Å². The third-order valence-corrected chi connectivity index (χ3v) is 3.04. The van der Waals surface area contributed by atoms with Crippen LogP contribution >= 0.6 is 11.6 Å². The molecule has 1 aromatic heterocycles. The van der Waals surface area contributed by atoms with Crippen molar-refractivity contribution in [2.45, 2.75) is 12.5 Å². The van der Waals surface area contributed by atoms with Gasteiger partial charge in [0.05, 0.1) is 5.02 Å². The van der Waals surface area contributed by atoms with Gasteiger partial charge in [-0.1, -0.05) is 17.7 Å². The predicted molar refractivity (Wildman–Crippen MR) is 68.9 cm³/mol. The highest BCUT2D eigenvalue weighted by Gasteiger charge is 2.11. The molecular formula is C13H13ClFN3. The van der Waals surface area contributed by atoms with E-state index in [9.17, 15) is 4.39 Å². The molecule has 0 amide bonds. The fourth-order valence-corrected chi connectivity index (χ4v) is 1.98. The molecule has 1 N–H and O–H groups in total. The average Bonchev–Trinajstić information content (AvgIpc) is 2.41. The number of likely N-dealkylation sites (N-methyl/N-ethyl adjacent to an activating group) is 1. The van der Waals surface area contributed by atoms with Gasteiger partial charge in [-0.2, -0.15) is 0 Å². The topological polar surface area (TPSA) is 37.8 Å². The summed E-state index contributed by atoms with van der Waals surface area (Å²) in [5.74, 6) is -0.399. The van der Waals surface area contributed by atoms with Crippen molar-refractivity contribution in [1.29, 1.82) is 0 Å². The van der Waals surface area contributed by atoms with Crippen LogP contribution in [0.4, 0.5) is 4.39 Å². The Morgan fingerprint density at radius 1 is 1.33 bits per heavy atom. The summed E-state index contributed by atoms with van der Waals surface area (Å²) in [6.45, 7) is 0. The van der Waals surface area contributed by atoms with Gasteiger partial charge in [-0.05, 0) is 31.2 Å². The highest BCUT2D eigenvalue weighted by Crippen LogP contribution is 2.21. The van der Waals surface area contributed by atoms with Crippen LogP contribution in [0.3, 0.4) is 0 Å². The lowest BCUT2D eigenvalue weighted by Gasteiger charge is -2.16. The molecule has 0 aliphatic rings. The van der Waals surface area contributed by atoms with Gasteiger partial charge >= 0.3 is 0 Å². The second-order valence-corrected chi connectivity index (χ2v) is 4.37. The van der Waals surface area contributed by atoms with E-state index in [0.717, 1.165) is 11.1 Å². The number of halogens is 2. The molecule has 0 aliphatic carbocycles. The van der Waals surface area contributed by atoms with Gasteiger partial charge in [-0.25, -0.2) is 14.4 Å². The van der Waals surface area contributed by atoms with Crippen molar-refractivity contribution in [1.82, 2.24) is 15.3 Å². The molecular weight excluding hydrogens is 253 g/mol.